The highest BCUT2D eigenvalue weighted by molar-refractivity contribution is 7.47. The highest BCUT2D eigenvalue weighted by Gasteiger charge is 2.30. The van der Waals surface area contributed by atoms with Crippen molar-refractivity contribution in [3.63, 3.8) is 0 Å². The maximum absolute atomic E-state index is 13.1. The number of aliphatic hydroxyl groups is 1. The van der Waals surface area contributed by atoms with E-state index in [1.165, 1.54) is 238 Å². The van der Waals surface area contributed by atoms with Crippen LogP contribution < -0.4 is 0 Å². The molecule has 0 aliphatic rings. The molecular formula is C79H154O17P2. The largest absolute Gasteiger partial charge is 0.472 e. The zero-order valence-corrected chi connectivity index (χ0v) is 65.7. The Morgan fingerprint density at radius 3 is 0.694 bits per heavy atom. The first-order chi connectivity index (χ1) is 47.5. The topological polar surface area (TPSA) is 237 Å². The number of aliphatic hydroxyl groups excluding tert-OH is 1. The third-order valence-corrected chi connectivity index (χ3v) is 20.4. The molecule has 0 aromatic carbocycles. The van der Waals surface area contributed by atoms with Crippen LogP contribution in [0, 0.1) is 5.92 Å². The Bertz CT molecular complexity index is 1870. The van der Waals surface area contributed by atoms with E-state index in [0.717, 1.165) is 102 Å². The molecule has 17 nitrogen and oxygen atoms in total. The van der Waals surface area contributed by atoms with Crippen molar-refractivity contribution in [1.29, 1.82) is 0 Å². The Kier molecular flexibility index (Phi) is 70.6. The number of ether oxygens (including phenoxy) is 4. The van der Waals surface area contributed by atoms with Gasteiger partial charge in [0, 0.05) is 25.7 Å². The Morgan fingerprint density at radius 2 is 0.469 bits per heavy atom. The highest BCUT2D eigenvalue weighted by atomic mass is 31.2. The van der Waals surface area contributed by atoms with E-state index < -0.39 is 97.5 Å². The van der Waals surface area contributed by atoms with Crippen LogP contribution in [0.4, 0.5) is 0 Å². The lowest BCUT2D eigenvalue weighted by Gasteiger charge is -2.21. The molecule has 5 atom stereocenters. The van der Waals surface area contributed by atoms with Gasteiger partial charge in [-0.25, -0.2) is 9.13 Å². The van der Waals surface area contributed by atoms with Gasteiger partial charge < -0.3 is 33.8 Å². The first kappa shape index (κ1) is 96.1. The van der Waals surface area contributed by atoms with Crippen LogP contribution in [0.2, 0.25) is 0 Å². The van der Waals surface area contributed by atoms with Crippen molar-refractivity contribution in [1.82, 2.24) is 0 Å². The lowest BCUT2D eigenvalue weighted by Crippen LogP contribution is -2.30. The van der Waals surface area contributed by atoms with E-state index in [2.05, 4.69) is 34.6 Å². The fourth-order valence-corrected chi connectivity index (χ4v) is 13.8. The van der Waals surface area contributed by atoms with Crippen molar-refractivity contribution in [2.75, 3.05) is 39.6 Å². The van der Waals surface area contributed by atoms with Gasteiger partial charge in [0.2, 0.25) is 0 Å². The summed E-state index contributed by atoms with van der Waals surface area (Å²) in [7, 11) is -9.91. The summed E-state index contributed by atoms with van der Waals surface area (Å²) in [6, 6.07) is 0. The average molecular weight is 1440 g/mol. The number of unbranched alkanes of at least 4 members (excludes halogenated alkanes) is 51. The van der Waals surface area contributed by atoms with E-state index in [1.54, 1.807) is 0 Å². The summed E-state index contributed by atoms with van der Waals surface area (Å²) in [6.45, 7) is 7.31. The van der Waals surface area contributed by atoms with Crippen LogP contribution in [0.25, 0.3) is 0 Å². The summed E-state index contributed by atoms with van der Waals surface area (Å²) in [4.78, 5) is 72.8. The number of hydrogen-bond donors (Lipinski definition) is 3. The maximum Gasteiger partial charge on any atom is 0.472 e. The second kappa shape index (κ2) is 72.0. The molecule has 0 saturated heterocycles. The molecule has 582 valence electrons. The van der Waals surface area contributed by atoms with Crippen molar-refractivity contribution in [3.05, 3.63) is 0 Å². The maximum atomic E-state index is 13.1. The van der Waals surface area contributed by atoms with E-state index in [4.69, 9.17) is 37.0 Å². The summed E-state index contributed by atoms with van der Waals surface area (Å²) < 4.78 is 68.5. The molecule has 0 aliphatic heterocycles. The summed E-state index contributed by atoms with van der Waals surface area (Å²) in [5.74, 6) is -1.31. The van der Waals surface area contributed by atoms with E-state index in [-0.39, 0.29) is 25.7 Å². The van der Waals surface area contributed by atoms with Gasteiger partial charge in [0.1, 0.15) is 19.3 Å². The standard InChI is InChI=1S/C79H154O17P2/c1-6-9-12-15-18-21-23-25-26-27-28-29-30-31-32-37-41-45-50-55-60-65-79(84)96-75(69-90-77(82)63-58-53-48-43-40-36-34-33-35-38-42-46-51-56-61-72(4)5)71-94-98(87,88)92-67-73(80)66-91-97(85,86)93-70-74(68-89-76(81)62-57-52-47-20-17-14-11-8-3)95-78(83)64-59-54-49-44-39-24-22-19-16-13-10-7-2/h72-75,80H,6-71H2,1-5H3,(H,85,86)(H,87,88)/t73-,74+,75+/m0/s1. The van der Waals surface area contributed by atoms with E-state index in [0.29, 0.717) is 25.7 Å². The molecule has 0 fully saturated rings. The Labute approximate surface area is 600 Å². The second-order valence-electron chi connectivity index (χ2n) is 28.9. The van der Waals surface area contributed by atoms with E-state index in [9.17, 15) is 43.2 Å². The summed E-state index contributed by atoms with van der Waals surface area (Å²) in [5.41, 5.74) is 0. The molecule has 0 aromatic rings. The molecule has 3 N–H and O–H groups in total. The molecule has 0 saturated carbocycles. The Hall–Kier alpha value is -1.94. The first-order valence-corrected chi connectivity index (χ1v) is 44.1. The van der Waals surface area contributed by atoms with Gasteiger partial charge in [-0.2, -0.15) is 0 Å². The van der Waals surface area contributed by atoms with E-state index >= 15 is 0 Å². The SMILES string of the molecule is CCCCCCCCCCCCCCCCCCCCCCCC(=O)O[C@H](COC(=O)CCCCCCCCCCCCCCCCC(C)C)COP(=O)(O)OC[C@@H](O)COP(=O)(O)OC[C@@H](COC(=O)CCCCCCCCCC)OC(=O)CCCCCCCCCCCCCC. The molecule has 0 heterocycles. The molecule has 0 aliphatic carbocycles. The Balaban J connectivity index is 5.18. The Morgan fingerprint density at radius 1 is 0.276 bits per heavy atom. The van der Waals surface area contributed by atoms with Crippen molar-refractivity contribution in [3.8, 4) is 0 Å². The number of phosphoric ester groups is 2. The third kappa shape index (κ3) is 72.4. The van der Waals surface area contributed by atoms with Gasteiger partial charge in [-0.05, 0) is 31.6 Å². The minimum atomic E-state index is -4.96. The van der Waals surface area contributed by atoms with Gasteiger partial charge in [0.05, 0.1) is 26.4 Å². The van der Waals surface area contributed by atoms with Crippen LogP contribution in [-0.4, -0.2) is 96.7 Å². The predicted octanol–water partition coefficient (Wildman–Crippen LogP) is 23.6. The van der Waals surface area contributed by atoms with Crippen LogP contribution in [-0.2, 0) is 65.4 Å². The third-order valence-electron chi connectivity index (χ3n) is 18.5. The predicted molar refractivity (Wildman–Crippen MR) is 400 cm³/mol. The molecule has 0 bridgehead atoms. The van der Waals surface area contributed by atoms with Crippen LogP contribution in [0.15, 0.2) is 0 Å². The van der Waals surface area contributed by atoms with Crippen molar-refractivity contribution in [2.45, 2.75) is 438 Å². The molecule has 19 heteroatoms. The fourth-order valence-electron chi connectivity index (χ4n) is 12.2. The van der Waals surface area contributed by atoms with Crippen LogP contribution in [0.3, 0.4) is 0 Å². The van der Waals surface area contributed by atoms with Crippen molar-refractivity contribution in [2.24, 2.45) is 5.92 Å². The smallest absolute Gasteiger partial charge is 0.462 e. The van der Waals surface area contributed by atoms with E-state index in [1.807, 2.05) is 0 Å². The lowest BCUT2D eigenvalue weighted by molar-refractivity contribution is -0.161. The van der Waals surface area contributed by atoms with Crippen molar-refractivity contribution < 1.29 is 80.2 Å². The zero-order chi connectivity index (χ0) is 71.9. The van der Waals surface area contributed by atoms with Crippen LogP contribution in [0.5, 0.6) is 0 Å². The van der Waals surface area contributed by atoms with Gasteiger partial charge in [-0.1, -0.05) is 369 Å². The molecule has 0 amide bonds. The molecular weight excluding hydrogens is 1280 g/mol. The number of hydrogen-bond acceptors (Lipinski definition) is 15. The second-order valence-corrected chi connectivity index (χ2v) is 31.8. The quantitative estimate of drug-likeness (QED) is 0.0222. The molecule has 0 spiro atoms. The molecule has 2 unspecified atom stereocenters. The molecule has 0 radical (unpaired) electrons. The number of carbonyl (C=O) groups is 4. The van der Waals surface area contributed by atoms with Gasteiger partial charge in [-0.3, -0.25) is 37.3 Å². The summed E-state index contributed by atoms with van der Waals surface area (Å²) >= 11 is 0. The van der Waals surface area contributed by atoms with Gasteiger partial charge in [-0.15, -0.1) is 0 Å². The minimum Gasteiger partial charge on any atom is -0.462 e. The molecule has 98 heavy (non-hydrogen) atoms. The number of rotatable bonds is 79. The monoisotopic (exact) mass is 1440 g/mol. The minimum absolute atomic E-state index is 0.108. The number of carbonyl (C=O) groups excluding carboxylic acids is 4. The normalized spacial score (nSPS) is 13.9. The van der Waals surface area contributed by atoms with Gasteiger partial charge in [0.15, 0.2) is 12.2 Å². The first-order valence-electron chi connectivity index (χ1n) is 41.1. The van der Waals surface area contributed by atoms with Crippen LogP contribution >= 0.6 is 15.6 Å². The van der Waals surface area contributed by atoms with Gasteiger partial charge in [0.25, 0.3) is 0 Å². The van der Waals surface area contributed by atoms with Gasteiger partial charge >= 0.3 is 39.5 Å². The average Bonchev–Trinajstić information content (AvgIpc) is 1.03. The van der Waals surface area contributed by atoms with Crippen LogP contribution in [0.1, 0.15) is 420 Å². The summed E-state index contributed by atoms with van der Waals surface area (Å²) in [6.07, 6.45) is 62.6. The zero-order valence-electron chi connectivity index (χ0n) is 63.9. The molecule has 0 aromatic heterocycles. The lowest BCUT2D eigenvalue weighted by atomic mass is 10.0. The fraction of sp³-hybridized carbons (Fsp3) is 0.949. The number of esters is 4. The van der Waals surface area contributed by atoms with Crippen molar-refractivity contribution >= 4 is 39.5 Å². The number of phosphoric acid groups is 2. The highest BCUT2D eigenvalue weighted by Crippen LogP contribution is 2.45. The molecule has 0 rings (SSSR count). The summed E-state index contributed by atoms with van der Waals surface area (Å²) in [5, 5.41) is 10.6.